The summed E-state index contributed by atoms with van der Waals surface area (Å²) < 4.78 is 28.1. The largest absolute Gasteiger partial charge is 0.376 e. The number of hydrogen-bond acceptors (Lipinski definition) is 4. The Morgan fingerprint density at radius 3 is 2.44 bits per heavy atom. The summed E-state index contributed by atoms with van der Waals surface area (Å²) in [6.45, 7) is 1.21. The van der Waals surface area contributed by atoms with Gasteiger partial charge in [0.1, 0.15) is 0 Å². The number of benzene rings is 2. The van der Waals surface area contributed by atoms with E-state index in [1.807, 2.05) is 24.3 Å². The molecule has 2 aromatic rings. The molecule has 27 heavy (non-hydrogen) atoms. The van der Waals surface area contributed by atoms with Gasteiger partial charge in [0.2, 0.25) is 15.9 Å². The van der Waals surface area contributed by atoms with Gasteiger partial charge in [0.15, 0.2) is 0 Å². The minimum absolute atomic E-state index is 0.100. The number of amides is 1. The number of nitrogens with one attached hydrogen (secondary N) is 2. The maximum absolute atomic E-state index is 12.8. The van der Waals surface area contributed by atoms with Crippen LogP contribution in [0.2, 0.25) is 0 Å². The van der Waals surface area contributed by atoms with E-state index in [-0.39, 0.29) is 17.3 Å². The molecular formula is C19H22IN3O3S. The molecule has 144 valence electrons. The number of anilines is 2. The van der Waals surface area contributed by atoms with Gasteiger partial charge in [-0.15, -0.1) is 0 Å². The Morgan fingerprint density at radius 2 is 1.70 bits per heavy atom. The summed E-state index contributed by atoms with van der Waals surface area (Å²) in [6, 6.07) is 14.2. The number of sulfonamides is 1. The van der Waals surface area contributed by atoms with Crippen molar-refractivity contribution in [2.45, 2.75) is 24.2 Å². The number of halogens is 1. The number of nitrogens with zero attached hydrogens (tertiary/aromatic N) is 1. The van der Waals surface area contributed by atoms with Gasteiger partial charge in [-0.1, -0.05) is 18.6 Å². The lowest BCUT2D eigenvalue weighted by Gasteiger charge is -2.26. The third kappa shape index (κ3) is 5.43. The van der Waals surface area contributed by atoms with Crippen molar-refractivity contribution in [3.05, 3.63) is 52.1 Å². The lowest BCUT2D eigenvalue weighted by molar-refractivity contribution is -0.114. The number of hydrogen-bond donors (Lipinski definition) is 2. The second kappa shape index (κ2) is 9.03. The number of piperidine rings is 1. The van der Waals surface area contributed by atoms with E-state index in [4.69, 9.17) is 0 Å². The van der Waals surface area contributed by atoms with E-state index in [2.05, 4.69) is 33.2 Å². The van der Waals surface area contributed by atoms with Gasteiger partial charge in [-0.3, -0.25) is 4.79 Å². The summed E-state index contributed by atoms with van der Waals surface area (Å²) in [6.07, 6.45) is 2.84. The van der Waals surface area contributed by atoms with Gasteiger partial charge >= 0.3 is 0 Å². The van der Waals surface area contributed by atoms with Crippen LogP contribution in [0.3, 0.4) is 0 Å². The number of carbonyl (C=O) groups excluding carboxylic acids is 1. The normalized spacial score (nSPS) is 15.3. The van der Waals surface area contributed by atoms with Crippen LogP contribution in [0.4, 0.5) is 11.4 Å². The van der Waals surface area contributed by atoms with E-state index >= 15 is 0 Å². The molecule has 0 atom stereocenters. The summed E-state index contributed by atoms with van der Waals surface area (Å²) in [5.41, 5.74) is 1.33. The van der Waals surface area contributed by atoms with Crippen LogP contribution in [0, 0.1) is 3.57 Å². The van der Waals surface area contributed by atoms with Gasteiger partial charge in [0, 0.05) is 28.0 Å². The van der Waals surface area contributed by atoms with Crippen molar-refractivity contribution in [2.75, 3.05) is 30.3 Å². The molecular weight excluding hydrogens is 477 g/mol. The summed E-state index contributed by atoms with van der Waals surface area (Å²) in [7, 11) is -3.51. The second-order valence-electron chi connectivity index (χ2n) is 6.40. The van der Waals surface area contributed by atoms with Crippen LogP contribution in [0.15, 0.2) is 53.4 Å². The number of carbonyl (C=O) groups is 1. The Balaban J connectivity index is 1.64. The first-order chi connectivity index (χ1) is 12.9. The Labute approximate surface area is 173 Å². The lowest BCUT2D eigenvalue weighted by atomic mass is 10.2. The molecule has 1 amide bonds. The van der Waals surface area contributed by atoms with Crippen molar-refractivity contribution in [1.29, 1.82) is 0 Å². The highest BCUT2D eigenvalue weighted by Crippen LogP contribution is 2.23. The maximum atomic E-state index is 12.8. The predicted molar refractivity (Wildman–Crippen MR) is 115 cm³/mol. The van der Waals surface area contributed by atoms with Crippen molar-refractivity contribution in [1.82, 2.24) is 4.31 Å². The third-order valence-corrected chi connectivity index (χ3v) is 6.91. The zero-order chi connectivity index (χ0) is 19.3. The molecule has 1 heterocycles. The summed E-state index contributed by atoms with van der Waals surface area (Å²) in [5.74, 6) is -0.235. The van der Waals surface area contributed by atoms with E-state index in [0.717, 1.165) is 28.5 Å². The summed E-state index contributed by atoms with van der Waals surface area (Å²) >= 11 is 2.21. The van der Waals surface area contributed by atoms with Crippen LogP contribution >= 0.6 is 22.6 Å². The summed E-state index contributed by atoms with van der Waals surface area (Å²) in [5, 5.41) is 5.81. The number of rotatable bonds is 6. The molecule has 2 aromatic carbocycles. The average molecular weight is 499 g/mol. The van der Waals surface area contributed by atoms with Gasteiger partial charge in [0.25, 0.3) is 0 Å². The Hall–Kier alpha value is -1.65. The van der Waals surface area contributed by atoms with Crippen molar-refractivity contribution in [3.63, 3.8) is 0 Å². The topological polar surface area (TPSA) is 78.5 Å². The third-order valence-electron chi connectivity index (χ3n) is 4.35. The molecule has 1 fully saturated rings. The van der Waals surface area contributed by atoms with Crippen LogP contribution in [-0.2, 0) is 14.8 Å². The molecule has 1 aliphatic rings. The highest BCUT2D eigenvalue weighted by atomic mass is 127. The fourth-order valence-electron chi connectivity index (χ4n) is 2.97. The van der Waals surface area contributed by atoms with E-state index in [0.29, 0.717) is 18.8 Å². The average Bonchev–Trinajstić information content (AvgIpc) is 2.67. The van der Waals surface area contributed by atoms with Crippen molar-refractivity contribution >= 4 is 49.9 Å². The van der Waals surface area contributed by atoms with Crippen LogP contribution in [0.5, 0.6) is 0 Å². The van der Waals surface area contributed by atoms with Gasteiger partial charge in [-0.05, 0) is 71.8 Å². The van der Waals surface area contributed by atoms with E-state index in [9.17, 15) is 13.2 Å². The molecule has 0 unspecified atom stereocenters. The Morgan fingerprint density at radius 1 is 1.00 bits per heavy atom. The van der Waals surface area contributed by atoms with E-state index in [1.165, 1.54) is 10.4 Å². The molecule has 0 spiro atoms. The highest BCUT2D eigenvalue weighted by Gasteiger charge is 2.26. The zero-order valence-electron chi connectivity index (χ0n) is 14.8. The molecule has 0 saturated carbocycles. The fraction of sp³-hybridized carbons (Fsp3) is 0.316. The van der Waals surface area contributed by atoms with Crippen LogP contribution in [0.1, 0.15) is 19.3 Å². The molecule has 2 N–H and O–H groups in total. The molecule has 0 aromatic heterocycles. The standard InChI is InChI=1S/C19H22IN3O3S/c20-15-6-4-7-16(12-15)21-14-19(24)22-17-8-5-9-18(13-17)27(25,26)23-10-2-1-3-11-23/h4-9,12-13,21H,1-3,10-11,14H2,(H,22,24). The minimum atomic E-state index is -3.51. The molecule has 0 radical (unpaired) electrons. The van der Waals surface area contributed by atoms with Crippen molar-refractivity contribution < 1.29 is 13.2 Å². The molecule has 0 bridgehead atoms. The minimum Gasteiger partial charge on any atom is -0.376 e. The lowest BCUT2D eigenvalue weighted by Crippen LogP contribution is -2.35. The van der Waals surface area contributed by atoms with Crippen molar-refractivity contribution in [3.8, 4) is 0 Å². The van der Waals surface area contributed by atoms with Crippen LogP contribution in [0.25, 0.3) is 0 Å². The molecule has 0 aliphatic carbocycles. The smallest absolute Gasteiger partial charge is 0.243 e. The predicted octanol–water partition coefficient (Wildman–Crippen LogP) is 3.52. The van der Waals surface area contributed by atoms with E-state index in [1.54, 1.807) is 18.2 Å². The first kappa shape index (κ1) is 20.1. The van der Waals surface area contributed by atoms with Gasteiger partial charge in [0.05, 0.1) is 11.4 Å². The Kier molecular flexibility index (Phi) is 6.72. The molecule has 6 nitrogen and oxygen atoms in total. The van der Waals surface area contributed by atoms with Gasteiger partial charge in [-0.25, -0.2) is 8.42 Å². The second-order valence-corrected chi connectivity index (χ2v) is 9.59. The maximum Gasteiger partial charge on any atom is 0.243 e. The van der Waals surface area contributed by atoms with Gasteiger partial charge < -0.3 is 10.6 Å². The van der Waals surface area contributed by atoms with Gasteiger partial charge in [-0.2, -0.15) is 4.31 Å². The van der Waals surface area contributed by atoms with Crippen LogP contribution in [-0.4, -0.2) is 38.3 Å². The SMILES string of the molecule is O=C(CNc1cccc(I)c1)Nc1cccc(S(=O)(=O)N2CCCCC2)c1. The molecule has 1 aliphatic heterocycles. The highest BCUT2D eigenvalue weighted by molar-refractivity contribution is 14.1. The monoisotopic (exact) mass is 499 g/mol. The first-order valence-corrected chi connectivity index (χ1v) is 11.4. The molecule has 8 heteroatoms. The first-order valence-electron chi connectivity index (χ1n) is 8.85. The zero-order valence-corrected chi connectivity index (χ0v) is 17.8. The Bertz CT molecular complexity index is 912. The van der Waals surface area contributed by atoms with E-state index < -0.39 is 10.0 Å². The van der Waals surface area contributed by atoms with Crippen LogP contribution < -0.4 is 10.6 Å². The molecule has 3 rings (SSSR count). The van der Waals surface area contributed by atoms with Crippen molar-refractivity contribution in [2.24, 2.45) is 0 Å². The quantitative estimate of drug-likeness (QED) is 0.597. The summed E-state index contributed by atoms with van der Waals surface area (Å²) in [4.78, 5) is 12.4. The molecule has 1 saturated heterocycles. The fourth-order valence-corrected chi connectivity index (χ4v) is 5.08.